The maximum atomic E-state index is 12.4. The second kappa shape index (κ2) is 7.81. The lowest BCUT2D eigenvalue weighted by molar-refractivity contribution is -0.121. The third kappa shape index (κ3) is 4.91. The number of aromatic amines is 1. The molecule has 0 spiro atoms. The molecule has 134 valence electrons. The van der Waals surface area contributed by atoms with E-state index in [1.165, 1.54) is 37.5 Å². The number of sulfonamides is 1. The van der Waals surface area contributed by atoms with Crippen molar-refractivity contribution in [2.24, 2.45) is 5.10 Å². The Morgan fingerprint density at radius 2 is 1.96 bits per heavy atom. The van der Waals surface area contributed by atoms with E-state index in [1.54, 1.807) is 0 Å². The van der Waals surface area contributed by atoms with Crippen LogP contribution >= 0.6 is 11.6 Å². The highest BCUT2D eigenvalue weighted by atomic mass is 35.5. The van der Waals surface area contributed by atoms with Crippen molar-refractivity contribution in [2.45, 2.75) is 18.7 Å². The van der Waals surface area contributed by atoms with Crippen molar-refractivity contribution < 1.29 is 13.2 Å². The highest BCUT2D eigenvalue weighted by Gasteiger charge is 2.22. The van der Waals surface area contributed by atoms with E-state index < -0.39 is 15.9 Å². The van der Waals surface area contributed by atoms with Crippen LogP contribution in [0, 0.1) is 13.8 Å². The minimum Gasteiger partial charge on any atom is -0.362 e. The highest BCUT2D eigenvalue weighted by molar-refractivity contribution is 7.89. The first-order valence-electron chi connectivity index (χ1n) is 7.40. The maximum absolute atomic E-state index is 12.4. The molecule has 0 saturated carbocycles. The highest BCUT2D eigenvalue weighted by Crippen LogP contribution is 2.17. The standard InChI is InChI=1S/C16H19ClN4O3S/c1-11-8-13(12(2)19-11)9-18-20-16(22)10-21(3)25(23,24)15-6-4-14(17)5-7-15/h4-9,19H,10H2,1-3H3,(H,20,22)/b18-9+. The van der Waals surface area contributed by atoms with Gasteiger partial charge in [0.25, 0.3) is 5.91 Å². The van der Waals surface area contributed by atoms with Gasteiger partial charge in [0.1, 0.15) is 0 Å². The van der Waals surface area contributed by atoms with Gasteiger partial charge in [0.15, 0.2) is 0 Å². The number of nitrogens with zero attached hydrogens (tertiary/aromatic N) is 2. The summed E-state index contributed by atoms with van der Waals surface area (Å²) in [4.78, 5) is 15.1. The molecular formula is C16H19ClN4O3S. The molecule has 25 heavy (non-hydrogen) atoms. The zero-order valence-electron chi connectivity index (χ0n) is 14.1. The second-order valence-electron chi connectivity index (χ2n) is 5.54. The molecule has 0 aliphatic carbocycles. The minimum atomic E-state index is -3.77. The summed E-state index contributed by atoms with van der Waals surface area (Å²) >= 11 is 5.76. The molecule has 9 heteroatoms. The van der Waals surface area contributed by atoms with E-state index >= 15 is 0 Å². The van der Waals surface area contributed by atoms with E-state index in [1.807, 2.05) is 19.9 Å². The van der Waals surface area contributed by atoms with E-state index in [4.69, 9.17) is 11.6 Å². The lowest BCUT2D eigenvalue weighted by atomic mass is 10.3. The Bertz CT molecular complexity index is 889. The molecule has 1 aromatic carbocycles. The number of aromatic nitrogens is 1. The van der Waals surface area contributed by atoms with Crippen molar-refractivity contribution in [1.29, 1.82) is 0 Å². The van der Waals surface area contributed by atoms with Gasteiger partial charge in [-0.15, -0.1) is 0 Å². The number of benzene rings is 1. The Labute approximate surface area is 151 Å². The van der Waals surface area contributed by atoms with Gasteiger partial charge in [-0.2, -0.15) is 9.41 Å². The molecule has 0 unspecified atom stereocenters. The fourth-order valence-corrected chi connectivity index (χ4v) is 3.42. The van der Waals surface area contributed by atoms with Crippen molar-refractivity contribution >= 4 is 33.7 Å². The summed E-state index contributed by atoms with van der Waals surface area (Å²) in [6.07, 6.45) is 1.50. The lowest BCUT2D eigenvalue weighted by Gasteiger charge is -2.16. The molecule has 1 aromatic heterocycles. The summed E-state index contributed by atoms with van der Waals surface area (Å²) in [6.45, 7) is 3.45. The van der Waals surface area contributed by atoms with E-state index in [-0.39, 0.29) is 11.4 Å². The zero-order valence-corrected chi connectivity index (χ0v) is 15.6. The normalized spacial score (nSPS) is 12.0. The maximum Gasteiger partial charge on any atom is 0.255 e. The molecule has 0 saturated heterocycles. The second-order valence-corrected chi connectivity index (χ2v) is 8.02. The van der Waals surface area contributed by atoms with Crippen molar-refractivity contribution in [3.05, 3.63) is 52.3 Å². The minimum absolute atomic E-state index is 0.0640. The largest absolute Gasteiger partial charge is 0.362 e. The van der Waals surface area contributed by atoms with Crippen LogP contribution in [0.15, 0.2) is 40.3 Å². The summed E-state index contributed by atoms with van der Waals surface area (Å²) in [6, 6.07) is 7.63. The van der Waals surface area contributed by atoms with Crippen molar-refractivity contribution in [3.63, 3.8) is 0 Å². The van der Waals surface area contributed by atoms with E-state index in [0.717, 1.165) is 21.3 Å². The van der Waals surface area contributed by atoms with Gasteiger partial charge in [-0.3, -0.25) is 4.79 Å². The SMILES string of the molecule is Cc1cc(/C=N/NC(=O)CN(C)S(=O)(=O)c2ccc(Cl)cc2)c(C)[nH]1. The Hall–Kier alpha value is -2.16. The van der Waals surface area contributed by atoms with Crippen LogP contribution in [0.3, 0.4) is 0 Å². The van der Waals surface area contributed by atoms with Crippen LogP contribution in [-0.2, 0) is 14.8 Å². The molecule has 1 heterocycles. The molecule has 0 aliphatic rings. The Morgan fingerprint density at radius 1 is 1.32 bits per heavy atom. The first kappa shape index (κ1) is 19.2. The summed E-state index contributed by atoms with van der Waals surface area (Å²) in [5, 5.41) is 4.29. The number of nitrogens with one attached hydrogen (secondary N) is 2. The van der Waals surface area contributed by atoms with Crippen molar-refractivity contribution in [1.82, 2.24) is 14.7 Å². The monoisotopic (exact) mass is 382 g/mol. The fraction of sp³-hybridized carbons (Fsp3) is 0.250. The number of hydrazone groups is 1. The first-order chi connectivity index (χ1) is 11.7. The average molecular weight is 383 g/mol. The van der Waals surface area contributed by atoms with Gasteiger partial charge >= 0.3 is 0 Å². The van der Waals surface area contributed by atoms with Gasteiger partial charge in [-0.1, -0.05) is 11.6 Å². The van der Waals surface area contributed by atoms with Crippen LogP contribution in [0.1, 0.15) is 17.0 Å². The molecule has 2 rings (SSSR count). The van der Waals surface area contributed by atoms with Crippen molar-refractivity contribution in [3.8, 4) is 0 Å². The average Bonchev–Trinajstić information content (AvgIpc) is 2.85. The lowest BCUT2D eigenvalue weighted by Crippen LogP contribution is -2.36. The smallest absolute Gasteiger partial charge is 0.255 e. The van der Waals surface area contributed by atoms with Crippen LogP contribution < -0.4 is 5.43 Å². The summed E-state index contributed by atoms with van der Waals surface area (Å²) in [5.41, 5.74) is 5.08. The van der Waals surface area contributed by atoms with Gasteiger partial charge in [0, 0.05) is 29.0 Å². The summed E-state index contributed by atoms with van der Waals surface area (Å²) in [5.74, 6) is -0.541. The quantitative estimate of drug-likeness (QED) is 0.591. The molecule has 0 bridgehead atoms. The van der Waals surface area contributed by atoms with Gasteiger partial charge in [0.2, 0.25) is 10.0 Å². The molecule has 0 atom stereocenters. The number of carbonyl (C=O) groups excluding carboxylic acids is 1. The van der Waals surface area contributed by atoms with E-state index in [9.17, 15) is 13.2 Å². The van der Waals surface area contributed by atoms with Crippen LogP contribution in [0.5, 0.6) is 0 Å². The number of hydrogen-bond donors (Lipinski definition) is 2. The summed E-state index contributed by atoms with van der Waals surface area (Å²) in [7, 11) is -2.45. The Kier molecular flexibility index (Phi) is 5.99. The molecule has 2 aromatic rings. The Morgan fingerprint density at radius 3 is 2.52 bits per heavy atom. The number of rotatable bonds is 6. The molecular weight excluding hydrogens is 364 g/mol. The van der Waals surface area contributed by atoms with Crippen LogP contribution in [-0.4, -0.2) is 43.4 Å². The third-order valence-corrected chi connectivity index (χ3v) is 5.54. The number of aryl methyl sites for hydroxylation is 2. The summed E-state index contributed by atoms with van der Waals surface area (Å²) < 4.78 is 25.7. The molecule has 0 radical (unpaired) electrons. The fourth-order valence-electron chi connectivity index (χ4n) is 2.16. The molecule has 0 aliphatic heterocycles. The topological polar surface area (TPSA) is 94.6 Å². The van der Waals surface area contributed by atoms with Gasteiger partial charge < -0.3 is 4.98 Å². The first-order valence-corrected chi connectivity index (χ1v) is 9.22. The van der Waals surface area contributed by atoms with Gasteiger partial charge in [0.05, 0.1) is 17.7 Å². The zero-order chi connectivity index (χ0) is 18.6. The molecule has 1 amide bonds. The van der Waals surface area contributed by atoms with Crippen LogP contribution in [0.4, 0.5) is 0 Å². The Balaban J connectivity index is 1.97. The van der Waals surface area contributed by atoms with Crippen LogP contribution in [0.25, 0.3) is 0 Å². The van der Waals surface area contributed by atoms with Crippen LogP contribution in [0.2, 0.25) is 5.02 Å². The predicted octanol–water partition coefficient (Wildman–Crippen LogP) is 2.06. The molecule has 7 nitrogen and oxygen atoms in total. The number of halogens is 1. The number of H-pyrrole nitrogens is 1. The number of amides is 1. The molecule has 0 fully saturated rings. The van der Waals surface area contributed by atoms with E-state index in [0.29, 0.717) is 5.02 Å². The number of hydrogen-bond acceptors (Lipinski definition) is 4. The van der Waals surface area contributed by atoms with Gasteiger partial charge in [-0.25, -0.2) is 13.8 Å². The molecule has 2 N–H and O–H groups in total. The van der Waals surface area contributed by atoms with Gasteiger partial charge in [-0.05, 0) is 44.2 Å². The van der Waals surface area contributed by atoms with E-state index in [2.05, 4.69) is 15.5 Å². The predicted molar refractivity (Wildman–Crippen MR) is 97.3 cm³/mol. The van der Waals surface area contributed by atoms with Crippen molar-refractivity contribution in [2.75, 3.05) is 13.6 Å². The number of likely N-dealkylation sites (N-methyl/N-ethyl adjacent to an activating group) is 1. The number of carbonyl (C=O) groups is 1. The third-order valence-electron chi connectivity index (χ3n) is 3.47.